The summed E-state index contributed by atoms with van der Waals surface area (Å²) in [5.74, 6) is -0.260. The minimum Gasteiger partial charge on any atom is -0.458 e. The number of carbonyl (C=O) groups excluding carboxylic acids is 1. The molecule has 0 radical (unpaired) electrons. The van der Waals surface area contributed by atoms with Crippen LogP contribution < -0.4 is 0 Å². The highest BCUT2D eigenvalue weighted by Crippen LogP contribution is 2.06. The van der Waals surface area contributed by atoms with Crippen LogP contribution in [0.5, 0.6) is 0 Å². The topological polar surface area (TPSA) is 26.3 Å². The lowest BCUT2D eigenvalue weighted by molar-refractivity contribution is 0.0540. The zero-order valence-corrected chi connectivity index (χ0v) is 12.3. The molecule has 1 aromatic rings. The molecule has 18 heavy (non-hydrogen) atoms. The number of hydrogen-bond acceptors (Lipinski definition) is 2. The first-order valence-electron chi connectivity index (χ1n) is 6.18. The van der Waals surface area contributed by atoms with E-state index >= 15 is 0 Å². The Morgan fingerprint density at radius 3 is 2.67 bits per heavy atom. The largest absolute Gasteiger partial charge is 0.458 e. The molecule has 0 unspecified atom stereocenters. The Balaban J connectivity index is 2.30. The van der Waals surface area contributed by atoms with Gasteiger partial charge in [-0.05, 0) is 43.9 Å². The van der Waals surface area contributed by atoms with E-state index in [1.807, 2.05) is 25.1 Å². The summed E-state index contributed by atoms with van der Waals surface area (Å²) >= 11 is 3.40. The molecule has 1 rings (SSSR count). The van der Waals surface area contributed by atoms with Crippen LogP contribution in [-0.2, 0) is 4.74 Å². The molecule has 1 aromatic carbocycles. The zero-order chi connectivity index (χ0) is 13.2. The molecular formula is C15H19BrO2. The average molecular weight is 311 g/mol. The number of hydrogen-bond donors (Lipinski definition) is 0. The van der Waals surface area contributed by atoms with Gasteiger partial charge in [0, 0.05) is 5.33 Å². The molecule has 2 nitrogen and oxygen atoms in total. The fraction of sp³-hybridized carbons (Fsp3) is 0.400. The first kappa shape index (κ1) is 15.0. The van der Waals surface area contributed by atoms with Gasteiger partial charge in [0.25, 0.3) is 0 Å². The number of rotatable bonds is 7. The highest BCUT2D eigenvalue weighted by Gasteiger charge is 2.05. The van der Waals surface area contributed by atoms with E-state index in [-0.39, 0.29) is 5.97 Å². The highest BCUT2D eigenvalue weighted by molar-refractivity contribution is 9.09. The lowest BCUT2D eigenvalue weighted by Crippen LogP contribution is -2.06. The van der Waals surface area contributed by atoms with Crippen LogP contribution in [-0.4, -0.2) is 17.9 Å². The Labute approximate surface area is 117 Å². The first-order chi connectivity index (χ1) is 8.74. The van der Waals surface area contributed by atoms with Crippen LogP contribution in [0.4, 0.5) is 0 Å². The summed E-state index contributed by atoms with van der Waals surface area (Å²) in [6.07, 6.45) is 5.52. The lowest BCUT2D eigenvalue weighted by Gasteiger charge is -2.05. The van der Waals surface area contributed by atoms with Crippen molar-refractivity contribution >= 4 is 21.9 Å². The van der Waals surface area contributed by atoms with E-state index < -0.39 is 0 Å². The van der Waals surface area contributed by atoms with Crippen molar-refractivity contribution in [3.05, 3.63) is 47.5 Å². The number of halogens is 1. The second-order valence-electron chi connectivity index (χ2n) is 4.18. The van der Waals surface area contributed by atoms with Gasteiger partial charge in [-0.15, -0.1) is 0 Å². The summed E-state index contributed by atoms with van der Waals surface area (Å²) < 4.78 is 5.23. The van der Waals surface area contributed by atoms with E-state index in [9.17, 15) is 4.79 Å². The Kier molecular flexibility index (Phi) is 7.42. The first-order valence-corrected chi connectivity index (χ1v) is 7.30. The van der Waals surface area contributed by atoms with Crippen LogP contribution in [0.1, 0.15) is 36.5 Å². The van der Waals surface area contributed by atoms with Gasteiger partial charge in [-0.3, -0.25) is 0 Å². The molecule has 0 atom stereocenters. The van der Waals surface area contributed by atoms with Crippen molar-refractivity contribution < 1.29 is 9.53 Å². The molecule has 0 aliphatic heterocycles. The van der Waals surface area contributed by atoms with E-state index in [1.54, 1.807) is 12.1 Å². The molecule has 0 saturated heterocycles. The summed E-state index contributed by atoms with van der Waals surface area (Å²) in [4.78, 5) is 11.7. The number of alkyl halides is 1. The van der Waals surface area contributed by atoms with Gasteiger partial charge in [-0.25, -0.2) is 4.79 Å². The quantitative estimate of drug-likeness (QED) is 0.324. The lowest BCUT2D eigenvalue weighted by atomic mass is 10.2. The van der Waals surface area contributed by atoms with E-state index in [0.29, 0.717) is 12.2 Å². The molecule has 0 N–H and O–H groups in total. The molecule has 3 heteroatoms. The Bertz CT molecular complexity index is 385. The Morgan fingerprint density at radius 1 is 1.28 bits per heavy atom. The van der Waals surface area contributed by atoms with Crippen molar-refractivity contribution in [1.82, 2.24) is 0 Å². The third-order valence-corrected chi connectivity index (χ3v) is 3.08. The van der Waals surface area contributed by atoms with E-state index in [0.717, 1.165) is 23.7 Å². The predicted octanol–water partition coefficient (Wildman–Crippen LogP) is 4.35. The zero-order valence-electron chi connectivity index (χ0n) is 10.7. The van der Waals surface area contributed by atoms with Crippen molar-refractivity contribution in [3.63, 3.8) is 0 Å². The Hall–Kier alpha value is -1.09. The van der Waals surface area contributed by atoms with Crippen LogP contribution in [0.3, 0.4) is 0 Å². The number of allylic oxidation sites excluding steroid dienone is 1. The highest BCUT2D eigenvalue weighted by atomic mass is 79.9. The molecule has 0 heterocycles. The van der Waals surface area contributed by atoms with Crippen LogP contribution in [0, 0.1) is 0 Å². The van der Waals surface area contributed by atoms with Gasteiger partial charge < -0.3 is 4.74 Å². The number of ether oxygens (including phenoxy) is 1. The van der Waals surface area contributed by atoms with Gasteiger partial charge >= 0.3 is 5.97 Å². The molecule has 0 aliphatic carbocycles. The maximum atomic E-state index is 11.7. The summed E-state index contributed by atoms with van der Waals surface area (Å²) in [6.45, 7) is 2.37. The second kappa shape index (κ2) is 8.92. The van der Waals surface area contributed by atoms with Crippen LogP contribution in [0.2, 0.25) is 0 Å². The van der Waals surface area contributed by atoms with Crippen molar-refractivity contribution in [1.29, 1.82) is 0 Å². The summed E-state index contributed by atoms with van der Waals surface area (Å²) in [6, 6.07) is 9.07. The number of carbonyl (C=O) groups is 1. The minimum absolute atomic E-state index is 0.260. The summed E-state index contributed by atoms with van der Waals surface area (Å²) in [5, 5.41) is 1.04. The van der Waals surface area contributed by atoms with Crippen LogP contribution >= 0.6 is 15.9 Å². The average Bonchev–Trinajstić information content (AvgIpc) is 2.42. The van der Waals surface area contributed by atoms with Crippen LogP contribution in [0.15, 0.2) is 42.0 Å². The monoisotopic (exact) mass is 310 g/mol. The van der Waals surface area contributed by atoms with E-state index in [2.05, 4.69) is 22.0 Å². The van der Waals surface area contributed by atoms with Crippen molar-refractivity contribution in [2.24, 2.45) is 0 Å². The molecular weight excluding hydrogens is 292 g/mol. The van der Waals surface area contributed by atoms with Gasteiger partial charge in [-0.1, -0.05) is 40.2 Å². The molecule has 0 bridgehead atoms. The fourth-order valence-electron chi connectivity index (χ4n) is 1.48. The second-order valence-corrected chi connectivity index (χ2v) is 4.97. The van der Waals surface area contributed by atoms with Gasteiger partial charge in [0.05, 0.1) is 5.56 Å². The maximum Gasteiger partial charge on any atom is 0.338 e. The SMILES string of the molecule is C/C(=C\CCCCBr)COC(=O)c1ccccc1. The molecule has 0 aliphatic rings. The molecule has 0 aromatic heterocycles. The molecule has 0 spiro atoms. The van der Waals surface area contributed by atoms with Crippen LogP contribution in [0.25, 0.3) is 0 Å². The van der Waals surface area contributed by atoms with Gasteiger partial charge in [-0.2, -0.15) is 0 Å². The number of benzene rings is 1. The molecule has 0 saturated carbocycles. The smallest absolute Gasteiger partial charge is 0.338 e. The summed E-state index contributed by atoms with van der Waals surface area (Å²) in [5.41, 5.74) is 1.71. The van der Waals surface area contributed by atoms with Crippen molar-refractivity contribution in [2.45, 2.75) is 26.2 Å². The molecule has 98 valence electrons. The van der Waals surface area contributed by atoms with Crippen molar-refractivity contribution in [3.8, 4) is 0 Å². The molecule has 0 fully saturated rings. The maximum absolute atomic E-state index is 11.7. The third kappa shape index (κ3) is 6.01. The number of esters is 1. The van der Waals surface area contributed by atoms with Gasteiger partial charge in [0.15, 0.2) is 0 Å². The Morgan fingerprint density at radius 2 is 2.00 bits per heavy atom. The standard InChI is InChI=1S/C15H19BrO2/c1-13(8-4-3-7-11-16)12-18-15(17)14-9-5-2-6-10-14/h2,5-6,8-10H,3-4,7,11-12H2,1H3/b13-8+. The number of unbranched alkanes of at least 4 members (excludes halogenated alkanes) is 2. The predicted molar refractivity (Wildman–Crippen MR) is 78.1 cm³/mol. The van der Waals surface area contributed by atoms with E-state index in [4.69, 9.17) is 4.74 Å². The summed E-state index contributed by atoms with van der Waals surface area (Å²) in [7, 11) is 0. The van der Waals surface area contributed by atoms with Gasteiger partial charge in [0.2, 0.25) is 0 Å². The van der Waals surface area contributed by atoms with Gasteiger partial charge in [0.1, 0.15) is 6.61 Å². The third-order valence-electron chi connectivity index (χ3n) is 2.52. The normalized spacial score (nSPS) is 11.3. The van der Waals surface area contributed by atoms with Crippen molar-refractivity contribution in [2.75, 3.05) is 11.9 Å². The fourth-order valence-corrected chi connectivity index (χ4v) is 1.88. The molecule has 0 amide bonds. The van der Waals surface area contributed by atoms with E-state index in [1.165, 1.54) is 6.42 Å². The minimum atomic E-state index is -0.260.